The molecule has 1 aliphatic heterocycles. The Hall–Kier alpha value is -3.09. The fourth-order valence-corrected chi connectivity index (χ4v) is 2.29. The summed E-state index contributed by atoms with van der Waals surface area (Å²) < 4.78 is 16.4. The number of ketones is 1. The fourth-order valence-electron chi connectivity index (χ4n) is 2.29. The van der Waals surface area contributed by atoms with E-state index in [0.717, 1.165) is 6.42 Å². The average Bonchev–Trinajstić information content (AvgIpc) is 2.84. The molecule has 2 aromatic carbocycles. The van der Waals surface area contributed by atoms with Gasteiger partial charge >= 0.3 is 5.69 Å². The van der Waals surface area contributed by atoms with Crippen molar-refractivity contribution in [2.75, 3.05) is 19.8 Å². The number of hydrogen-bond donors (Lipinski definition) is 0. The van der Waals surface area contributed by atoms with Crippen LogP contribution in [0.25, 0.3) is 0 Å². The van der Waals surface area contributed by atoms with Crippen LogP contribution in [0.2, 0.25) is 0 Å². The van der Waals surface area contributed by atoms with Crippen LogP contribution in [0.15, 0.2) is 42.5 Å². The van der Waals surface area contributed by atoms with Gasteiger partial charge in [-0.1, -0.05) is 12.1 Å². The van der Waals surface area contributed by atoms with Crippen molar-refractivity contribution in [3.05, 3.63) is 58.1 Å². The number of Topliss-reactive ketones (excluding diaryl/α,β-unsaturated/α-hetero) is 1. The summed E-state index contributed by atoms with van der Waals surface area (Å²) in [5.41, 5.74) is 0.224. The van der Waals surface area contributed by atoms with Crippen LogP contribution < -0.4 is 14.2 Å². The topological polar surface area (TPSA) is 87.9 Å². The number of hydrogen-bond acceptors (Lipinski definition) is 6. The van der Waals surface area contributed by atoms with E-state index in [4.69, 9.17) is 14.2 Å². The maximum Gasteiger partial charge on any atom is 0.310 e. The Kier molecular flexibility index (Phi) is 4.60. The SMILES string of the molecule is O=C(COc1ccccc1[N+](=O)[O-])c1ccc2c(c1)OCCCO2. The summed E-state index contributed by atoms with van der Waals surface area (Å²) in [6.07, 6.45) is 0.777. The summed E-state index contributed by atoms with van der Waals surface area (Å²) >= 11 is 0. The molecule has 0 spiro atoms. The van der Waals surface area contributed by atoms with Gasteiger partial charge in [0.1, 0.15) is 0 Å². The number of nitro benzene ring substituents is 1. The van der Waals surface area contributed by atoms with E-state index in [0.29, 0.717) is 30.3 Å². The van der Waals surface area contributed by atoms with Crippen LogP contribution >= 0.6 is 0 Å². The summed E-state index contributed by atoms with van der Waals surface area (Å²) in [6.45, 7) is 0.795. The van der Waals surface area contributed by atoms with E-state index in [9.17, 15) is 14.9 Å². The molecule has 124 valence electrons. The zero-order valence-electron chi connectivity index (χ0n) is 12.8. The number of nitrogens with zero attached hydrogens (tertiary/aromatic N) is 1. The minimum absolute atomic E-state index is 0.0604. The van der Waals surface area contributed by atoms with Gasteiger partial charge in [-0.05, 0) is 24.3 Å². The van der Waals surface area contributed by atoms with Gasteiger partial charge in [0.05, 0.1) is 18.1 Å². The lowest BCUT2D eigenvalue weighted by Gasteiger charge is -2.09. The molecule has 0 atom stereocenters. The van der Waals surface area contributed by atoms with Gasteiger partial charge in [0.15, 0.2) is 29.6 Å². The van der Waals surface area contributed by atoms with Crippen molar-refractivity contribution < 1.29 is 23.9 Å². The molecule has 7 nitrogen and oxygen atoms in total. The summed E-state index contributed by atoms with van der Waals surface area (Å²) in [7, 11) is 0. The Morgan fingerprint density at radius 2 is 1.88 bits per heavy atom. The van der Waals surface area contributed by atoms with Crippen molar-refractivity contribution in [3.63, 3.8) is 0 Å². The molecule has 1 aliphatic rings. The van der Waals surface area contributed by atoms with Gasteiger partial charge in [0, 0.05) is 18.1 Å². The Morgan fingerprint density at radius 1 is 1.12 bits per heavy atom. The molecule has 0 saturated heterocycles. The Balaban J connectivity index is 1.72. The molecular weight excluding hydrogens is 314 g/mol. The predicted molar refractivity (Wildman–Crippen MR) is 85.0 cm³/mol. The minimum Gasteiger partial charge on any atom is -0.490 e. The van der Waals surface area contributed by atoms with Crippen molar-refractivity contribution in [2.24, 2.45) is 0 Å². The largest absolute Gasteiger partial charge is 0.490 e. The monoisotopic (exact) mass is 329 g/mol. The van der Waals surface area contributed by atoms with Crippen LogP contribution in [0.3, 0.4) is 0 Å². The third-order valence-electron chi connectivity index (χ3n) is 3.49. The van der Waals surface area contributed by atoms with Gasteiger partial charge in [0.2, 0.25) is 0 Å². The van der Waals surface area contributed by atoms with E-state index in [2.05, 4.69) is 0 Å². The number of benzene rings is 2. The Labute approximate surface area is 137 Å². The Morgan fingerprint density at radius 3 is 2.67 bits per heavy atom. The second kappa shape index (κ2) is 6.99. The first-order chi connectivity index (χ1) is 11.6. The molecule has 0 N–H and O–H groups in total. The standard InChI is InChI=1S/C17H15NO6/c19-14(11-24-15-5-2-1-4-13(15)18(20)21)12-6-7-16-17(10-12)23-9-3-8-22-16/h1-2,4-7,10H,3,8-9,11H2. The first-order valence-electron chi connectivity index (χ1n) is 7.44. The molecule has 0 radical (unpaired) electrons. The zero-order valence-corrected chi connectivity index (χ0v) is 12.8. The summed E-state index contributed by atoms with van der Waals surface area (Å²) in [5, 5.41) is 10.9. The summed E-state index contributed by atoms with van der Waals surface area (Å²) in [5.74, 6) is 0.877. The molecule has 24 heavy (non-hydrogen) atoms. The van der Waals surface area contributed by atoms with Gasteiger partial charge in [-0.25, -0.2) is 0 Å². The Bertz CT molecular complexity index is 773. The normalized spacial score (nSPS) is 13.0. The van der Waals surface area contributed by atoms with Gasteiger partial charge in [0.25, 0.3) is 0 Å². The zero-order chi connectivity index (χ0) is 16.9. The summed E-state index contributed by atoms with van der Waals surface area (Å²) in [6, 6.07) is 10.8. The third-order valence-corrected chi connectivity index (χ3v) is 3.49. The van der Waals surface area contributed by atoms with E-state index in [1.165, 1.54) is 18.2 Å². The smallest absolute Gasteiger partial charge is 0.310 e. The second-order valence-electron chi connectivity index (χ2n) is 5.15. The van der Waals surface area contributed by atoms with Gasteiger partial charge in [-0.2, -0.15) is 0 Å². The first-order valence-corrected chi connectivity index (χ1v) is 7.44. The van der Waals surface area contributed by atoms with E-state index in [-0.39, 0.29) is 23.8 Å². The number of para-hydroxylation sites is 2. The molecule has 0 fully saturated rings. The molecule has 7 heteroatoms. The van der Waals surface area contributed by atoms with E-state index in [1.807, 2.05) is 0 Å². The van der Waals surface area contributed by atoms with Crippen LogP contribution in [0.4, 0.5) is 5.69 Å². The molecule has 0 unspecified atom stereocenters. The van der Waals surface area contributed by atoms with Crippen molar-refractivity contribution in [3.8, 4) is 17.2 Å². The lowest BCUT2D eigenvalue weighted by atomic mass is 10.1. The highest BCUT2D eigenvalue weighted by Crippen LogP contribution is 2.31. The van der Waals surface area contributed by atoms with E-state index in [1.54, 1.807) is 24.3 Å². The van der Waals surface area contributed by atoms with Crippen molar-refractivity contribution >= 4 is 11.5 Å². The van der Waals surface area contributed by atoms with Gasteiger partial charge < -0.3 is 14.2 Å². The number of rotatable bonds is 5. The molecule has 3 rings (SSSR count). The van der Waals surface area contributed by atoms with Crippen LogP contribution in [-0.4, -0.2) is 30.5 Å². The van der Waals surface area contributed by atoms with Crippen LogP contribution in [0, 0.1) is 10.1 Å². The lowest BCUT2D eigenvalue weighted by Crippen LogP contribution is -2.12. The minimum atomic E-state index is -0.548. The van der Waals surface area contributed by atoms with Crippen molar-refractivity contribution in [1.29, 1.82) is 0 Å². The number of carbonyl (C=O) groups is 1. The number of nitro groups is 1. The number of ether oxygens (including phenoxy) is 3. The fraction of sp³-hybridized carbons (Fsp3) is 0.235. The molecular formula is C17H15NO6. The number of carbonyl (C=O) groups excluding carboxylic acids is 1. The van der Waals surface area contributed by atoms with Crippen molar-refractivity contribution in [2.45, 2.75) is 6.42 Å². The highest BCUT2D eigenvalue weighted by molar-refractivity contribution is 5.97. The predicted octanol–water partition coefficient (Wildman–Crippen LogP) is 3.02. The number of fused-ring (bicyclic) bond motifs is 1. The molecule has 0 aliphatic carbocycles. The third kappa shape index (κ3) is 3.45. The van der Waals surface area contributed by atoms with E-state index >= 15 is 0 Å². The molecule has 0 bridgehead atoms. The first kappa shape index (κ1) is 15.8. The highest BCUT2D eigenvalue weighted by atomic mass is 16.6. The van der Waals surface area contributed by atoms with Crippen LogP contribution in [0.1, 0.15) is 16.8 Å². The van der Waals surface area contributed by atoms with Crippen LogP contribution in [-0.2, 0) is 0 Å². The van der Waals surface area contributed by atoms with Gasteiger partial charge in [-0.3, -0.25) is 14.9 Å². The molecule has 0 aromatic heterocycles. The average molecular weight is 329 g/mol. The van der Waals surface area contributed by atoms with Gasteiger partial charge in [-0.15, -0.1) is 0 Å². The second-order valence-corrected chi connectivity index (χ2v) is 5.15. The maximum absolute atomic E-state index is 12.3. The quantitative estimate of drug-likeness (QED) is 0.476. The van der Waals surface area contributed by atoms with E-state index < -0.39 is 4.92 Å². The molecule has 0 amide bonds. The molecule has 0 saturated carbocycles. The van der Waals surface area contributed by atoms with Crippen LogP contribution in [0.5, 0.6) is 17.2 Å². The van der Waals surface area contributed by atoms with Crippen molar-refractivity contribution in [1.82, 2.24) is 0 Å². The summed E-state index contributed by atoms with van der Waals surface area (Å²) in [4.78, 5) is 22.7. The molecule has 2 aromatic rings. The molecule has 1 heterocycles. The highest BCUT2D eigenvalue weighted by Gasteiger charge is 2.17. The lowest BCUT2D eigenvalue weighted by molar-refractivity contribution is -0.385. The maximum atomic E-state index is 12.3.